The summed E-state index contributed by atoms with van der Waals surface area (Å²) >= 11 is 3.31. The molecule has 4 aromatic carbocycles. The van der Waals surface area contributed by atoms with Crippen LogP contribution in [0.3, 0.4) is 0 Å². The van der Waals surface area contributed by atoms with Crippen molar-refractivity contribution in [3.63, 3.8) is 0 Å². The molecule has 7 N–H and O–H groups in total. The van der Waals surface area contributed by atoms with E-state index in [0.29, 0.717) is 73.2 Å². The fraction of sp³-hybridized carbons (Fsp3) is 0.273. The molecule has 0 fully saturated rings. The largest absolute Gasteiger partial charge is 0.567 e. The molecule has 24 heteroatoms. The Labute approximate surface area is 618 Å². The van der Waals surface area contributed by atoms with Crippen molar-refractivity contribution in [2.45, 2.75) is 145 Å². The van der Waals surface area contributed by atoms with E-state index >= 15 is 0 Å². The quantitative estimate of drug-likeness (QED) is 0.0987. The number of hydrogen-bond donors (Lipinski definition) is 3. The zero-order valence-electron chi connectivity index (χ0n) is 62.7. The van der Waals surface area contributed by atoms with Gasteiger partial charge in [-0.2, -0.15) is 41.4 Å². The van der Waals surface area contributed by atoms with Crippen molar-refractivity contribution in [2.75, 3.05) is 11.5 Å². The highest BCUT2D eigenvalue weighted by atomic mass is 79.9. The first kappa shape index (κ1) is 94.3. The van der Waals surface area contributed by atoms with Crippen molar-refractivity contribution in [2.24, 2.45) is 0 Å². The number of anilines is 2. The maximum atomic E-state index is 9.21. The maximum Gasteiger partial charge on any atom is 0.374 e. The number of aromatic nitrogens is 8. The van der Waals surface area contributed by atoms with Crippen molar-refractivity contribution in [1.82, 2.24) is 44.6 Å². The summed E-state index contributed by atoms with van der Waals surface area (Å²) in [7, 11) is 20.7. The molecule has 0 atom stereocenters. The van der Waals surface area contributed by atoms with Crippen molar-refractivity contribution >= 4 is 81.6 Å². The van der Waals surface area contributed by atoms with Gasteiger partial charge in [-0.25, -0.2) is 18.1 Å². The zero-order chi connectivity index (χ0) is 76.5. The Hall–Kier alpha value is -10.9. The molecule has 12 aromatic rings. The monoisotopic (exact) mass is 1430 g/mol. The third-order valence-electron chi connectivity index (χ3n) is 12.4. The lowest BCUT2D eigenvalue weighted by Gasteiger charge is -2.09. The van der Waals surface area contributed by atoms with Gasteiger partial charge >= 0.3 is 32.2 Å². The molecule has 0 amide bonds. The molecule has 0 bridgehead atoms. The van der Waals surface area contributed by atoms with E-state index in [1.54, 1.807) is 80.8 Å². The van der Waals surface area contributed by atoms with Crippen molar-refractivity contribution in [1.29, 1.82) is 21.0 Å². The number of halogens is 1. The predicted molar refractivity (Wildman–Crippen MR) is 432 cm³/mol. The lowest BCUT2D eigenvalue weighted by molar-refractivity contribution is 0.607. The molecule has 0 unspecified atom stereocenters. The molecule has 0 saturated carbocycles. The van der Waals surface area contributed by atoms with Crippen molar-refractivity contribution in [3.8, 4) is 80.7 Å². The molecular formula is C77H104B4BrN15O4. The number of fused-ring (bicyclic) bond motifs is 4. The molecule has 19 nitrogen and oxygen atoms in total. The van der Waals surface area contributed by atoms with E-state index in [4.69, 9.17) is 62.9 Å². The third kappa shape index (κ3) is 27.4. The summed E-state index contributed by atoms with van der Waals surface area (Å²) < 4.78 is 26.0. The van der Waals surface area contributed by atoms with Gasteiger partial charge in [-0.3, -0.25) is 0 Å². The molecule has 12 rings (SSSR count). The standard InChI is InChI=1S/C15H10BN3O.2C14H9BN4O.C8H3BBrN3O.C8H10.9C2H6.H3N.3H2/c1-10-2-4-11(5-3-10)14-6-13(20-16)9-19-15(14)12(7-17)8-18-19;2*15-20-12-5-13(9-1-3-11(17)4-2-9)14-10(6-16)7-18-19(14)8-12;9-14-6-1-7(10)8-5(2-11)3-12-13(8)4-6;1-7-3-5-8(2)6-4-7;9*1-2;;;;/h2-6,8-9H,1H3;2*1-5,7-8H,17H2;1,3-4H;3-6H,1-2H3;9*1-2H3;1H3;3*1H/i;;;;;;;;;;;;;;;3*1+1. The smallest absolute Gasteiger partial charge is 0.374 e. The van der Waals surface area contributed by atoms with E-state index in [9.17, 15) is 15.8 Å². The van der Waals surface area contributed by atoms with E-state index < -0.39 is 0 Å². The number of aryl methyl sites for hydroxylation is 3. The third-order valence-corrected chi connectivity index (χ3v) is 13.0. The topological polar surface area (TPSA) is 288 Å². The Morgan fingerprint density at radius 1 is 0.347 bits per heavy atom. The van der Waals surface area contributed by atoms with Gasteiger partial charge in [-0.1, -0.05) is 214 Å². The Bertz CT molecular complexity index is 4080. The minimum Gasteiger partial charge on any atom is -0.567 e. The maximum absolute atomic E-state index is 9.21. The van der Waals surface area contributed by atoms with Gasteiger partial charge in [0.1, 0.15) is 47.3 Å². The fourth-order valence-electron chi connectivity index (χ4n) is 8.28. The summed E-state index contributed by atoms with van der Waals surface area (Å²) in [5.74, 6) is 1.87. The molecule has 0 saturated heterocycles. The van der Waals surface area contributed by atoms with Crippen LogP contribution in [0.4, 0.5) is 11.4 Å². The summed E-state index contributed by atoms with van der Waals surface area (Å²) in [6, 6.07) is 46.7. The molecular weight excluding hydrogens is 1320 g/mol. The normalized spacial score (nSPS) is 8.81. The van der Waals surface area contributed by atoms with Crippen LogP contribution in [0, 0.1) is 66.1 Å². The summed E-state index contributed by atoms with van der Waals surface area (Å²) in [6.07, 6.45) is 12.5. The number of benzene rings is 4. The summed E-state index contributed by atoms with van der Waals surface area (Å²) in [5.41, 5.74) is 26.7. The van der Waals surface area contributed by atoms with Crippen LogP contribution in [-0.2, 0) is 0 Å². The van der Waals surface area contributed by atoms with Gasteiger partial charge in [0.2, 0.25) is 0 Å². The van der Waals surface area contributed by atoms with E-state index in [1.165, 1.54) is 46.0 Å². The van der Waals surface area contributed by atoms with Crippen LogP contribution in [0.15, 0.2) is 175 Å². The molecule has 0 aliphatic carbocycles. The van der Waals surface area contributed by atoms with Gasteiger partial charge < -0.3 is 36.2 Å². The van der Waals surface area contributed by atoms with Crippen LogP contribution < -0.4 is 36.2 Å². The average molecular weight is 1430 g/mol. The van der Waals surface area contributed by atoms with Crippen LogP contribution in [0.25, 0.3) is 55.4 Å². The highest BCUT2D eigenvalue weighted by Crippen LogP contribution is 2.34. The summed E-state index contributed by atoms with van der Waals surface area (Å²) in [6.45, 7) is 42.2. The Kier molecular flexibility index (Phi) is 50.5. The van der Waals surface area contributed by atoms with E-state index in [-0.39, 0.29) is 10.4 Å². The van der Waals surface area contributed by atoms with Gasteiger partial charge in [0.15, 0.2) is 0 Å². The lowest BCUT2D eigenvalue weighted by Crippen LogP contribution is -1.95. The molecule has 0 aliphatic heterocycles. The number of nitrogens with two attached hydrogens (primary N) is 2. The lowest BCUT2D eigenvalue weighted by atomic mass is 10.0. The summed E-state index contributed by atoms with van der Waals surface area (Å²) in [5, 5.41) is 52.8. The first-order valence-corrected chi connectivity index (χ1v) is 34.1. The molecule has 8 radical (unpaired) electrons. The van der Waals surface area contributed by atoms with Crippen molar-refractivity contribution in [3.05, 3.63) is 214 Å². The second kappa shape index (κ2) is 54.1. The second-order valence-corrected chi connectivity index (χ2v) is 18.7. The minimum absolute atomic E-state index is 0. The van der Waals surface area contributed by atoms with Gasteiger partial charge in [-0.15, -0.1) is 0 Å². The molecule has 101 heavy (non-hydrogen) atoms. The number of pyridine rings is 4. The number of hydrogen-bond acceptors (Lipinski definition) is 15. The first-order chi connectivity index (χ1) is 48.7. The molecule has 530 valence electrons. The zero-order valence-corrected chi connectivity index (χ0v) is 64.3. The summed E-state index contributed by atoms with van der Waals surface area (Å²) in [4.78, 5) is 0. The average Bonchev–Trinajstić information content (AvgIpc) is 1.57. The molecule has 8 aromatic heterocycles. The molecule has 8 heterocycles. The fourth-order valence-corrected chi connectivity index (χ4v) is 8.90. The van der Waals surface area contributed by atoms with E-state index in [2.05, 4.69) is 97.3 Å². The highest BCUT2D eigenvalue weighted by molar-refractivity contribution is 9.10. The number of rotatable bonds is 7. The molecule has 0 spiro atoms. The van der Waals surface area contributed by atoms with Crippen LogP contribution in [-0.4, -0.2) is 70.7 Å². The second-order valence-electron chi connectivity index (χ2n) is 17.9. The van der Waals surface area contributed by atoms with Crippen LogP contribution in [0.2, 0.25) is 0 Å². The van der Waals surface area contributed by atoms with Crippen molar-refractivity contribution < 1.29 is 22.9 Å². The van der Waals surface area contributed by atoms with Gasteiger partial charge in [-0.05, 0) is 102 Å². The van der Waals surface area contributed by atoms with Crippen LogP contribution in [0.1, 0.15) is 168 Å². The van der Waals surface area contributed by atoms with Gasteiger partial charge in [0, 0.05) is 36.8 Å². The highest BCUT2D eigenvalue weighted by Gasteiger charge is 2.16. The Morgan fingerprint density at radius 2 is 0.545 bits per heavy atom. The van der Waals surface area contributed by atoms with E-state index in [0.717, 1.165) is 43.4 Å². The first-order valence-electron chi connectivity index (χ1n) is 33.3. The predicted octanol–water partition coefficient (Wildman–Crippen LogP) is 20.3. The van der Waals surface area contributed by atoms with Crippen LogP contribution in [0.5, 0.6) is 23.0 Å². The number of nitrogens with zero attached hydrogens (tertiary/aromatic N) is 12. The van der Waals surface area contributed by atoms with Gasteiger partial charge in [0.25, 0.3) is 0 Å². The Balaban J connectivity index is -0.000000275. The van der Waals surface area contributed by atoms with Gasteiger partial charge in [0.05, 0.1) is 93.9 Å². The van der Waals surface area contributed by atoms with Crippen LogP contribution >= 0.6 is 15.9 Å². The van der Waals surface area contributed by atoms with E-state index in [1.807, 2.05) is 192 Å². The number of nitriles is 4. The SMILES string of the molecule is CC.CC.CC.CC.CC.CC.CC.CC.CC.Cc1ccc(C)cc1.N.[2HH].[2HH].[2HH].[B]Oc1cc(-c2ccc(C)cc2)c2c(C#N)cnn2c1.[B]Oc1cc(-c2ccc(N)cc2)c2c(C#N)cnn2c1.[B]Oc1cc(-c2ccc(N)cc2)c2c(C#N)cnn2c1.[B]Oc1cc(Br)c2c(C#N)cnn2c1. The molecule has 0 aliphatic rings. The Morgan fingerprint density at radius 3 is 0.772 bits per heavy atom. The minimum atomic E-state index is 0. The number of nitrogen functional groups attached to an aromatic ring is 2.